The minimum atomic E-state index is -2.45. The van der Waals surface area contributed by atoms with E-state index >= 15 is 33.6 Å². The molecule has 1 saturated heterocycles. The lowest BCUT2D eigenvalue weighted by atomic mass is 9.77. The zero-order valence-corrected chi connectivity index (χ0v) is 82.8. The molecule has 0 spiro atoms. The van der Waals surface area contributed by atoms with E-state index in [0.717, 1.165) is 81.5 Å². The van der Waals surface area contributed by atoms with Gasteiger partial charge in [0.25, 0.3) is 0 Å². The quantitative estimate of drug-likeness (QED) is 0.00643. The van der Waals surface area contributed by atoms with Crippen molar-refractivity contribution in [2.24, 2.45) is 0 Å². The number of carbonyl (C=O) groups is 21. The molecule has 784 valence electrons. The number of unbranched alkanes of at least 4 members (excludes halogenated alkanes) is 6. The number of nitrogen functional groups attached to an aromatic ring is 1. The molecule has 15 amide bonds. The molecule has 0 radical (unpaired) electrons. The number of ether oxygens (including phenoxy) is 7. The molecule has 1 aliphatic heterocycles. The van der Waals surface area contributed by atoms with Crippen molar-refractivity contribution in [3.8, 4) is 0 Å². The first-order valence-corrected chi connectivity index (χ1v) is 47.4. The van der Waals surface area contributed by atoms with Crippen molar-refractivity contribution in [3.05, 3.63) is 174 Å². The highest BCUT2D eigenvalue weighted by Gasteiger charge is 2.44. The van der Waals surface area contributed by atoms with Crippen molar-refractivity contribution in [2.45, 2.75) is 241 Å². The van der Waals surface area contributed by atoms with Crippen LogP contribution in [0.3, 0.4) is 0 Å². The molecule has 0 aliphatic carbocycles. The smallest absolute Gasteiger partial charge is 0.407 e. The van der Waals surface area contributed by atoms with Crippen LogP contribution >= 0.6 is 0 Å². The first-order valence-electron chi connectivity index (χ1n) is 47.4. The van der Waals surface area contributed by atoms with Crippen molar-refractivity contribution in [1.82, 2.24) is 84.7 Å². The number of aromatic amines is 1. The van der Waals surface area contributed by atoms with Gasteiger partial charge >= 0.3 is 35.9 Å². The monoisotopic (exact) mass is 2020 g/mol. The second kappa shape index (κ2) is 58.6. The van der Waals surface area contributed by atoms with Crippen LogP contribution in [0.2, 0.25) is 0 Å². The summed E-state index contributed by atoms with van der Waals surface area (Å²) in [5.74, 6) is -24.3. The van der Waals surface area contributed by atoms with Crippen molar-refractivity contribution in [3.63, 3.8) is 0 Å². The fourth-order valence-corrected chi connectivity index (χ4v) is 15.4. The van der Waals surface area contributed by atoms with Crippen LogP contribution in [0, 0.1) is 0 Å². The fourth-order valence-electron chi connectivity index (χ4n) is 15.4. The maximum absolute atomic E-state index is 15.9. The number of ketones is 1. The van der Waals surface area contributed by atoms with Crippen LogP contribution in [0.15, 0.2) is 146 Å². The van der Waals surface area contributed by atoms with Crippen LogP contribution < -0.4 is 85.5 Å². The highest BCUT2D eigenvalue weighted by atomic mass is 16.6. The van der Waals surface area contributed by atoms with Gasteiger partial charge in [-0.2, -0.15) is 0 Å². The third-order valence-electron chi connectivity index (χ3n) is 23.1. The molecule has 18 N–H and O–H groups in total. The van der Waals surface area contributed by atoms with E-state index < -0.39 is 279 Å². The molecule has 45 nitrogen and oxygen atoms in total. The van der Waals surface area contributed by atoms with E-state index in [9.17, 15) is 67.1 Å². The van der Waals surface area contributed by atoms with Crippen LogP contribution in [-0.4, -0.2) is 269 Å². The van der Waals surface area contributed by atoms with Gasteiger partial charge in [0.2, 0.25) is 82.7 Å². The Balaban J connectivity index is 1.39. The van der Waals surface area contributed by atoms with Gasteiger partial charge in [0, 0.05) is 67.7 Å². The van der Waals surface area contributed by atoms with Crippen molar-refractivity contribution in [1.29, 1.82) is 0 Å². The lowest BCUT2D eigenvalue weighted by molar-refractivity contribution is -0.156. The maximum atomic E-state index is 15.9. The molecule has 0 bridgehead atoms. The number of nitrogens with two attached hydrogens (primary N) is 1. The number of rotatable bonds is 41. The summed E-state index contributed by atoms with van der Waals surface area (Å²) in [5.41, 5.74) is 5.96. The molecule has 1 aromatic heterocycles. The van der Waals surface area contributed by atoms with Gasteiger partial charge in [-0.3, -0.25) is 91.1 Å². The number of alkyl carbamates (subject to hydrolysis) is 1. The third kappa shape index (κ3) is 37.6. The van der Waals surface area contributed by atoms with Gasteiger partial charge < -0.3 is 124 Å². The lowest BCUT2D eigenvalue weighted by Crippen LogP contribution is -2.62. The number of carbonyl (C=O) groups excluding carboxylic acids is 21. The first-order chi connectivity index (χ1) is 69.1. The summed E-state index contributed by atoms with van der Waals surface area (Å²) < 4.78 is 36.0. The maximum Gasteiger partial charge on any atom is 0.407 e. The molecule has 5 aromatic carbocycles. The van der Waals surface area contributed by atoms with Gasteiger partial charge in [0.1, 0.15) is 83.7 Å². The largest absolute Gasteiger partial charge is 0.469 e. The Hall–Kier alpha value is -15.7. The van der Waals surface area contributed by atoms with E-state index in [0.29, 0.717) is 46.0 Å². The summed E-state index contributed by atoms with van der Waals surface area (Å²) in [5, 5.41) is 37.1. The highest BCUT2D eigenvalue weighted by molar-refractivity contribution is 6.05. The second-order valence-electron chi connectivity index (χ2n) is 35.3. The number of amides is 15. The molecule has 1 aliphatic rings. The Morgan fingerprint density at radius 3 is 1.52 bits per heavy atom. The number of hydrogen-bond donors (Lipinski definition) is 17. The molecule has 45 heteroatoms. The summed E-state index contributed by atoms with van der Waals surface area (Å²) in [7, 11) is 4.84. The minimum absolute atomic E-state index is 0.0308. The number of Topliss-reactive ketones (excluding diaryl/α,β-unsaturated/α-hetero) is 1. The Bertz CT molecular complexity index is 5410. The summed E-state index contributed by atoms with van der Waals surface area (Å²) >= 11 is 0. The van der Waals surface area contributed by atoms with Gasteiger partial charge in [0.15, 0.2) is 5.78 Å². The second-order valence-corrected chi connectivity index (χ2v) is 35.3. The average molecular weight is 2020 g/mol. The first kappa shape index (κ1) is 116. The number of benzene rings is 5. The normalized spacial score (nSPS) is 19.0. The number of aromatic nitrogens is 1. The van der Waals surface area contributed by atoms with Crippen molar-refractivity contribution < 1.29 is 134 Å². The number of methoxy groups -OCH3 is 5. The van der Waals surface area contributed by atoms with Crippen LogP contribution in [0.5, 0.6) is 0 Å². The Kier molecular flexibility index (Phi) is 47.0. The van der Waals surface area contributed by atoms with Gasteiger partial charge in [-0.25, -0.2) is 9.59 Å². The van der Waals surface area contributed by atoms with Crippen LogP contribution in [0.4, 0.5) is 10.5 Å². The van der Waals surface area contributed by atoms with Gasteiger partial charge in [-0.15, -0.1) is 0 Å². The van der Waals surface area contributed by atoms with E-state index in [1.54, 1.807) is 142 Å². The molecular formula is C100H131N17O28. The number of esters is 5. The van der Waals surface area contributed by atoms with E-state index in [1.807, 2.05) is 0 Å². The number of nitrogens with one attached hydrogen (secondary N) is 16. The highest BCUT2D eigenvalue weighted by Crippen LogP contribution is 2.37. The van der Waals surface area contributed by atoms with Crippen LogP contribution in [-0.2, 0) is 136 Å². The van der Waals surface area contributed by atoms with Crippen molar-refractivity contribution in [2.75, 3.05) is 67.5 Å². The summed E-state index contributed by atoms with van der Waals surface area (Å²) in [4.78, 5) is 307. The number of para-hydroxylation sites is 2. The molecule has 145 heavy (non-hydrogen) atoms. The number of fused-ring (bicyclic) bond motifs is 1. The molecule has 12 atom stereocenters. The van der Waals surface area contributed by atoms with Gasteiger partial charge in [-0.1, -0.05) is 167 Å². The van der Waals surface area contributed by atoms with Crippen molar-refractivity contribution >= 4 is 141 Å². The van der Waals surface area contributed by atoms with Gasteiger partial charge in [0.05, 0.1) is 73.8 Å². The zero-order valence-electron chi connectivity index (χ0n) is 82.8. The molecular weight excluding hydrogens is 1890 g/mol. The predicted octanol–water partition coefficient (Wildman–Crippen LogP) is 1.33. The Morgan fingerprint density at radius 2 is 0.952 bits per heavy atom. The van der Waals surface area contributed by atoms with E-state index in [4.69, 9.17) is 38.9 Å². The number of anilines is 1. The number of H-pyrrole nitrogens is 1. The summed E-state index contributed by atoms with van der Waals surface area (Å²) in [6.07, 6.45) is -3.12. The van der Waals surface area contributed by atoms with E-state index in [1.165, 1.54) is 24.3 Å². The standard InChI is InChI=1S/C100H131N17O28/c1-12-13-14-15-16-17-27-44-78(119)108-70(48-60-54-103-67-42-31-29-39-64(60)67)92(132)112-71(50-79(120)117-100(61-33-21-18-22-34-61,62-35-23-19-24-36-62)63-37-25-20-26-38-63)93(133)114-74(53-85(126)143-11)94(134)116-86-59(3)144-97(137)75(49-77(118)65-40-28-30-41-66(65)101)115-90(130)69(45-46-82(123)140-8)110-95(135)76(57-139-7)109-81(122)55-104-88(128)72(51-83(124)141-9)111-87(127)58(2)106-91(131)73(52-84(125)142-10)113-89(129)68(107-80(121)56-105-96(86)136)43-32-47-102-98(138)145-99(4,5)6/h18-26,28-31,33-42,54,58-59,68-76,86,103H,12-17,27,32,43-53,55-57,101H2,1-11H3,(H,102,138)(H,104,128)(H,105,136)(H,106,131)(H,107,121)(H,108,119)(H,109,122)(H,110,135)(H,111,127)(H,112,132)(H,113,129)(H,114,133)(H,115,130)(H,116,134)(H,117,120). The number of cyclic esters (lactones) is 1. The lowest BCUT2D eigenvalue weighted by Gasteiger charge is -2.37. The molecule has 1 fully saturated rings. The minimum Gasteiger partial charge on any atom is -0.469 e. The number of hydrogen-bond acceptors (Lipinski definition) is 29. The summed E-state index contributed by atoms with van der Waals surface area (Å²) in [6.45, 7) is 5.54. The fraction of sp³-hybridized carbons (Fsp3) is 0.470. The van der Waals surface area contributed by atoms with E-state index in [-0.39, 0.29) is 37.1 Å². The third-order valence-corrected chi connectivity index (χ3v) is 23.1. The van der Waals surface area contributed by atoms with Gasteiger partial charge in [-0.05, 0) is 101 Å². The molecule has 6 aromatic rings. The van der Waals surface area contributed by atoms with Crippen LogP contribution in [0.25, 0.3) is 10.9 Å². The average Bonchev–Trinajstić information content (AvgIpc) is 0.915. The molecule has 12 unspecified atom stereocenters. The SMILES string of the molecule is CCCCCCCCCC(=O)NC(Cc1c[nH]c2ccccc12)C(=O)NC(CC(=O)NC(c1ccccc1)(c1ccccc1)c1ccccc1)C(=O)NC(CC(=O)OC)C(=O)NC1C(=O)NCC(=O)NC(CCCNC(=O)OC(C)(C)C)C(=O)NC(CC(=O)OC)C(=O)NC(C)C(=O)NC(CC(=O)OC)C(=O)NCC(=O)NC(COC)C(=O)NC(CCC(=O)OC)C(=O)NC(CC(=O)c2ccccc2N)C(=O)OC1C. The molecule has 7 rings (SSSR count). The summed E-state index contributed by atoms with van der Waals surface area (Å²) in [6, 6.07) is 16.6. The van der Waals surface area contributed by atoms with Crippen LogP contribution in [0.1, 0.15) is 183 Å². The predicted molar refractivity (Wildman–Crippen MR) is 521 cm³/mol. The Morgan fingerprint density at radius 1 is 0.462 bits per heavy atom. The molecule has 0 saturated carbocycles. The topological polar surface area (TPSA) is 645 Å². The zero-order chi connectivity index (χ0) is 106. The Labute approximate surface area is 837 Å². The molecule has 2 heterocycles. The van der Waals surface area contributed by atoms with E-state index in [2.05, 4.69) is 91.7 Å².